The Balaban J connectivity index is 1.42. The van der Waals surface area contributed by atoms with Crippen LogP contribution in [-0.2, 0) is 22.4 Å². The number of guanidine groups is 1. The molecule has 224 valence electrons. The first kappa shape index (κ1) is 30.6. The van der Waals surface area contributed by atoms with Crippen LogP contribution in [0.25, 0.3) is 0 Å². The standard InChI is InChI=1S/C31H33N5O7/c1-41-21-11-8-19(9-12-21)16-24(28(38)33-14-15-36-29(39)22-6-4-5-7-23(22)30(36)40)34-31(32)35-27(37)18-20-10-13-25(42-2)26(17-20)43-3/h4-13,17,24H,14-16,18H2,1-3H3,(H,33,38)(H3,32,34,35,37). The average Bonchev–Trinajstić information content (AvgIpc) is 3.25. The molecule has 12 nitrogen and oxygen atoms in total. The van der Waals surface area contributed by atoms with Crippen molar-refractivity contribution < 1.29 is 33.4 Å². The number of aliphatic imine (C=N–C) groups is 1. The Labute approximate surface area is 248 Å². The summed E-state index contributed by atoms with van der Waals surface area (Å²) in [5, 5.41) is 5.26. The van der Waals surface area contributed by atoms with Gasteiger partial charge in [-0.15, -0.1) is 0 Å². The molecule has 0 aromatic heterocycles. The van der Waals surface area contributed by atoms with Gasteiger partial charge in [0.15, 0.2) is 17.5 Å². The first-order valence-electron chi connectivity index (χ1n) is 13.4. The van der Waals surface area contributed by atoms with Gasteiger partial charge in [0.2, 0.25) is 11.8 Å². The number of fused-ring (bicyclic) bond motifs is 1. The Bertz CT molecular complexity index is 1500. The normalized spacial score (nSPS) is 13.3. The van der Waals surface area contributed by atoms with Crippen molar-refractivity contribution in [2.75, 3.05) is 34.4 Å². The Hall–Kier alpha value is -5.39. The summed E-state index contributed by atoms with van der Waals surface area (Å²) in [4.78, 5) is 56.6. The van der Waals surface area contributed by atoms with Gasteiger partial charge in [0.05, 0.1) is 38.9 Å². The number of nitrogens with zero attached hydrogens (tertiary/aromatic N) is 2. The number of ether oxygens (including phenoxy) is 3. The molecule has 1 unspecified atom stereocenters. The third-order valence-electron chi connectivity index (χ3n) is 6.78. The molecule has 4 N–H and O–H groups in total. The molecule has 0 aliphatic carbocycles. The van der Waals surface area contributed by atoms with Gasteiger partial charge < -0.3 is 25.3 Å². The second-order valence-electron chi connectivity index (χ2n) is 9.60. The summed E-state index contributed by atoms with van der Waals surface area (Å²) >= 11 is 0. The second kappa shape index (κ2) is 14.0. The topological polar surface area (TPSA) is 162 Å². The van der Waals surface area contributed by atoms with E-state index >= 15 is 0 Å². The maximum atomic E-state index is 13.2. The van der Waals surface area contributed by atoms with Crippen LogP contribution in [0, 0.1) is 0 Å². The fraction of sp³-hybridized carbons (Fsp3) is 0.258. The largest absolute Gasteiger partial charge is 0.497 e. The van der Waals surface area contributed by atoms with E-state index < -0.39 is 29.7 Å². The predicted molar refractivity (Wildman–Crippen MR) is 158 cm³/mol. The van der Waals surface area contributed by atoms with Crippen LogP contribution in [0.2, 0.25) is 0 Å². The summed E-state index contributed by atoms with van der Waals surface area (Å²) in [6.45, 7) is -0.0148. The molecular weight excluding hydrogens is 554 g/mol. The van der Waals surface area contributed by atoms with E-state index in [0.717, 1.165) is 10.5 Å². The van der Waals surface area contributed by atoms with E-state index in [0.29, 0.717) is 33.9 Å². The summed E-state index contributed by atoms with van der Waals surface area (Å²) in [5.74, 6) is -0.342. The van der Waals surface area contributed by atoms with Gasteiger partial charge in [0.1, 0.15) is 11.8 Å². The Morgan fingerprint density at radius 3 is 2.09 bits per heavy atom. The van der Waals surface area contributed by atoms with Gasteiger partial charge in [0.25, 0.3) is 11.8 Å². The molecule has 3 aromatic carbocycles. The number of amides is 4. The maximum Gasteiger partial charge on any atom is 0.261 e. The summed E-state index contributed by atoms with van der Waals surface area (Å²) in [6.07, 6.45) is 0.140. The van der Waals surface area contributed by atoms with Crippen molar-refractivity contribution in [2.24, 2.45) is 10.7 Å². The zero-order chi connectivity index (χ0) is 30.9. The highest BCUT2D eigenvalue weighted by atomic mass is 16.5. The van der Waals surface area contributed by atoms with Crippen LogP contribution in [0.5, 0.6) is 17.2 Å². The highest BCUT2D eigenvalue weighted by molar-refractivity contribution is 6.21. The lowest BCUT2D eigenvalue weighted by Crippen LogP contribution is -2.44. The SMILES string of the molecule is COc1ccc(CC(N=C(N)NC(=O)Cc2ccc(OC)c(OC)c2)C(=O)NCCN2C(=O)c3ccccc3C2=O)cc1. The monoisotopic (exact) mass is 587 g/mol. The minimum Gasteiger partial charge on any atom is -0.497 e. The lowest BCUT2D eigenvalue weighted by molar-refractivity contribution is -0.122. The van der Waals surface area contributed by atoms with Crippen molar-refractivity contribution in [1.82, 2.24) is 15.5 Å². The van der Waals surface area contributed by atoms with Crippen molar-refractivity contribution in [1.29, 1.82) is 0 Å². The Morgan fingerprint density at radius 2 is 1.49 bits per heavy atom. The number of carbonyl (C=O) groups excluding carboxylic acids is 4. The first-order chi connectivity index (χ1) is 20.7. The zero-order valence-corrected chi connectivity index (χ0v) is 24.1. The third kappa shape index (κ3) is 7.47. The molecule has 0 saturated heterocycles. The van der Waals surface area contributed by atoms with E-state index in [4.69, 9.17) is 19.9 Å². The molecular formula is C31H33N5O7. The number of nitrogens with one attached hydrogen (secondary N) is 2. The van der Waals surface area contributed by atoms with E-state index in [1.165, 1.54) is 14.2 Å². The molecule has 43 heavy (non-hydrogen) atoms. The summed E-state index contributed by atoms with van der Waals surface area (Å²) in [7, 11) is 4.57. The van der Waals surface area contributed by atoms with E-state index in [2.05, 4.69) is 15.6 Å². The van der Waals surface area contributed by atoms with E-state index in [1.807, 2.05) is 0 Å². The molecule has 1 aliphatic rings. The second-order valence-corrected chi connectivity index (χ2v) is 9.60. The van der Waals surface area contributed by atoms with Gasteiger partial charge in [-0.1, -0.05) is 30.3 Å². The number of hydrogen-bond acceptors (Lipinski definition) is 8. The fourth-order valence-corrected chi connectivity index (χ4v) is 4.60. The van der Waals surface area contributed by atoms with E-state index in [9.17, 15) is 19.2 Å². The van der Waals surface area contributed by atoms with Gasteiger partial charge >= 0.3 is 0 Å². The van der Waals surface area contributed by atoms with Crippen molar-refractivity contribution in [2.45, 2.75) is 18.9 Å². The summed E-state index contributed by atoms with van der Waals surface area (Å²) < 4.78 is 15.7. The Morgan fingerprint density at radius 1 is 0.860 bits per heavy atom. The molecule has 1 atom stereocenters. The minimum absolute atomic E-state index is 0.00447. The molecule has 1 aliphatic heterocycles. The van der Waals surface area contributed by atoms with E-state index in [-0.39, 0.29) is 31.9 Å². The molecule has 4 rings (SSSR count). The maximum absolute atomic E-state index is 13.2. The molecule has 0 spiro atoms. The molecule has 1 heterocycles. The fourth-order valence-electron chi connectivity index (χ4n) is 4.60. The number of nitrogens with two attached hydrogens (primary N) is 1. The van der Waals surface area contributed by atoms with Gasteiger partial charge in [-0.3, -0.25) is 29.4 Å². The first-order valence-corrected chi connectivity index (χ1v) is 13.4. The van der Waals surface area contributed by atoms with Crippen molar-refractivity contribution in [3.63, 3.8) is 0 Å². The van der Waals surface area contributed by atoms with Gasteiger partial charge in [-0.2, -0.15) is 0 Å². The van der Waals surface area contributed by atoms with Crippen LogP contribution in [-0.4, -0.2) is 74.9 Å². The zero-order valence-electron chi connectivity index (χ0n) is 24.1. The third-order valence-corrected chi connectivity index (χ3v) is 6.78. The van der Waals surface area contributed by atoms with Crippen LogP contribution in [0.15, 0.2) is 71.7 Å². The van der Waals surface area contributed by atoms with Gasteiger partial charge in [0, 0.05) is 19.5 Å². The average molecular weight is 588 g/mol. The highest BCUT2D eigenvalue weighted by Crippen LogP contribution is 2.27. The van der Waals surface area contributed by atoms with Crippen LogP contribution in [0.3, 0.4) is 0 Å². The van der Waals surface area contributed by atoms with Crippen LogP contribution >= 0.6 is 0 Å². The van der Waals surface area contributed by atoms with Crippen LogP contribution in [0.1, 0.15) is 31.8 Å². The minimum atomic E-state index is -1.02. The molecule has 0 radical (unpaired) electrons. The smallest absolute Gasteiger partial charge is 0.261 e. The number of carbonyl (C=O) groups is 4. The molecule has 0 bridgehead atoms. The number of methoxy groups -OCH3 is 3. The summed E-state index contributed by atoms with van der Waals surface area (Å²) in [6, 6.07) is 17.7. The molecule has 3 aromatic rings. The van der Waals surface area contributed by atoms with Crippen molar-refractivity contribution >= 4 is 29.6 Å². The number of imide groups is 1. The van der Waals surface area contributed by atoms with Gasteiger partial charge in [-0.25, -0.2) is 4.99 Å². The molecule has 0 saturated carbocycles. The number of hydrogen-bond donors (Lipinski definition) is 3. The quantitative estimate of drug-likeness (QED) is 0.164. The Kier molecular flexibility index (Phi) is 9.94. The number of rotatable bonds is 12. The van der Waals surface area contributed by atoms with Crippen molar-refractivity contribution in [3.8, 4) is 17.2 Å². The molecule has 12 heteroatoms. The van der Waals surface area contributed by atoms with Crippen LogP contribution < -0.4 is 30.6 Å². The molecule has 4 amide bonds. The van der Waals surface area contributed by atoms with Gasteiger partial charge in [-0.05, 0) is 47.5 Å². The lowest BCUT2D eigenvalue weighted by Gasteiger charge is -2.17. The molecule has 0 fully saturated rings. The van der Waals surface area contributed by atoms with E-state index in [1.54, 1.807) is 73.8 Å². The van der Waals surface area contributed by atoms with Crippen molar-refractivity contribution in [3.05, 3.63) is 89.0 Å². The number of benzene rings is 3. The van der Waals surface area contributed by atoms with Crippen LogP contribution in [0.4, 0.5) is 0 Å². The highest BCUT2D eigenvalue weighted by Gasteiger charge is 2.34. The summed E-state index contributed by atoms with van der Waals surface area (Å²) in [5.41, 5.74) is 8.15. The predicted octanol–water partition coefficient (Wildman–Crippen LogP) is 1.71. The lowest BCUT2D eigenvalue weighted by atomic mass is 10.1.